The van der Waals surface area contributed by atoms with E-state index in [-0.39, 0.29) is 0 Å². The van der Waals surface area contributed by atoms with Gasteiger partial charge in [0.25, 0.3) is 0 Å². The average molecular weight is 259 g/mol. The lowest BCUT2D eigenvalue weighted by Crippen LogP contribution is -1.81. The Morgan fingerprint density at radius 1 is 1.31 bits per heavy atom. The van der Waals surface area contributed by atoms with E-state index in [2.05, 4.69) is 31.1 Å². The van der Waals surface area contributed by atoms with Crippen LogP contribution in [0.3, 0.4) is 0 Å². The van der Waals surface area contributed by atoms with Gasteiger partial charge in [0, 0.05) is 10.0 Å². The summed E-state index contributed by atoms with van der Waals surface area (Å²) in [5, 5.41) is 6.82. The molecule has 0 unspecified atom stereocenters. The molecule has 0 radical (unpaired) electrons. The van der Waals surface area contributed by atoms with Gasteiger partial charge in [-0.15, -0.1) is 0 Å². The molecular formula is C8H5BrClN3. The van der Waals surface area contributed by atoms with Gasteiger partial charge in [-0.1, -0.05) is 28.1 Å². The highest BCUT2D eigenvalue weighted by Gasteiger charge is 2.06. The molecule has 0 aliphatic carbocycles. The van der Waals surface area contributed by atoms with E-state index in [9.17, 15) is 0 Å². The first kappa shape index (κ1) is 8.72. The van der Waals surface area contributed by atoms with Crippen LogP contribution in [0.5, 0.6) is 0 Å². The summed E-state index contributed by atoms with van der Waals surface area (Å²) < 4.78 is 0.950. The smallest absolute Gasteiger partial charge is 0.218 e. The maximum absolute atomic E-state index is 5.62. The second-order valence-electron chi connectivity index (χ2n) is 2.43. The van der Waals surface area contributed by atoms with Crippen LogP contribution in [0.25, 0.3) is 11.4 Å². The van der Waals surface area contributed by atoms with Gasteiger partial charge in [0.1, 0.15) is 0 Å². The Labute approximate surface area is 88.3 Å². The van der Waals surface area contributed by atoms with Crippen molar-refractivity contribution in [3.63, 3.8) is 0 Å². The minimum Gasteiger partial charge on any atom is -0.249 e. The van der Waals surface area contributed by atoms with Gasteiger partial charge in [0.15, 0.2) is 5.82 Å². The summed E-state index contributed by atoms with van der Waals surface area (Å²) in [6, 6.07) is 7.70. The number of nitrogens with zero attached hydrogens (tertiary/aromatic N) is 2. The molecule has 3 nitrogen and oxygen atoms in total. The number of aromatic amines is 1. The van der Waals surface area contributed by atoms with Gasteiger partial charge in [0.05, 0.1) is 0 Å². The van der Waals surface area contributed by atoms with E-state index in [1.165, 1.54) is 0 Å². The van der Waals surface area contributed by atoms with Crippen molar-refractivity contribution in [2.24, 2.45) is 0 Å². The van der Waals surface area contributed by atoms with Crippen LogP contribution in [0.15, 0.2) is 28.7 Å². The monoisotopic (exact) mass is 257 g/mol. The van der Waals surface area contributed by atoms with E-state index in [0.29, 0.717) is 11.1 Å². The fraction of sp³-hybridized carbons (Fsp3) is 0. The predicted molar refractivity (Wildman–Crippen MR) is 54.5 cm³/mol. The maximum atomic E-state index is 5.62. The van der Waals surface area contributed by atoms with Gasteiger partial charge in [-0.05, 0) is 23.7 Å². The molecule has 5 heteroatoms. The second-order valence-corrected chi connectivity index (χ2v) is 3.64. The average Bonchev–Trinajstić information content (AvgIpc) is 2.53. The van der Waals surface area contributed by atoms with Crippen LogP contribution in [0.1, 0.15) is 0 Å². The summed E-state index contributed by atoms with van der Waals surface area (Å²) in [4.78, 5) is 4.01. The number of H-pyrrole nitrogens is 1. The van der Waals surface area contributed by atoms with Crippen molar-refractivity contribution in [2.75, 3.05) is 0 Å². The fourth-order valence-electron chi connectivity index (χ4n) is 1.01. The third-order valence-corrected chi connectivity index (χ3v) is 2.43. The maximum Gasteiger partial charge on any atom is 0.218 e. The van der Waals surface area contributed by atoms with Gasteiger partial charge in [-0.3, -0.25) is 0 Å². The molecule has 0 amide bonds. The van der Waals surface area contributed by atoms with E-state index >= 15 is 0 Å². The lowest BCUT2D eigenvalue weighted by atomic mass is 10.2. The Morgan fingerprint density at radius 3 is 2.69 bits per heavy atom. The number of aromatic nitrogens is 3. The molecule has 2 aromatic rings. The molecule has 0 saturated heterocycles. The normalized spacial score (nSPS) is 10.3. The first-order chi connectivity index (χ1) is 6.27. The van der Waals surface area contributed by atoms with Crippen molar-refractivity contribution in [1.29, 1.82) is 0 Å². The van der Waals surface area contributed by atoms with Crippen LogP contribution in [0.4, 0.5) is 0 Å². The van der Waals surface area contributed by atoms with Crippen LogP contribution >= 0.6 is 27.5 Å². The van der Waals surface area contributed by atoms with Crippen LogP contribution < -0.4 is 0 Å². The lowest BCUT2D eigenvalue weighted by Gasteiger charge is -1.96. The summed E-state index contributed by atoms with van der Waals surface area (Å²) in [5.74, 6) is 0.595. The zero-order chi connectivity index (χ0) is 9.26. The molecule has 1 N–H and O–H groups in total. The van der Waals surface area contributed by atoms with Crippen molar-refractivity contribution in [2.45, 2.75) is 0 Å². The number of halogens is 2. The number of rotatable bonds is 1. The van der Waals surface area contributed by atoms with Crippen molar-refractivity contribution in [1.82, 2.24) is 15.2 Å². The molecule has 1 aromatic heterocycles. The van der Waals surface area contributed by atoms with Gasteiger partial charge >= 0.3 is 0 Å². The van der Waals surface area contributed by atoms with E-state index in [1.54, 1.807) is 0 Å². The van der Waals surface area contributed by atoms with Crippen LogP contribution in [0, 0.1) is 0 Å². The largest absolute Gasteiger partial charge is 0.249 e. The predicted octanol–water partition coefficient (Wildman–Crippen LogP) is 2.89. The summed E-state index contributed by atoms with van der Waals surface area (Å²) >= 11 is 9.02. The Hall–Kier alpha value is -0.870. The molecule has 2 rings (SSSR count). The molecular weight excluding hydrogens is 253 g/mol. The highest BCUT2D eigenvalue weighted by molar-refractivity contribution is 9.10. The molecule has 0 spiro atoms. The highest BCUT2D eigenvalue weighted by atomic mass is 79.9. The van der Waals surface area contributed by atoms with Crippen LogP contribution in [-0.4, -0.2) is 15.2 Å². The topological polar surface area (TPSA) is 41.6 Å². The number of nitrogens with one attached hydrogen (secondary N) is 1. The van der Waals surface area contributed by atoms with E-state index in [1.807, 2.05) is 24.3 Å². The molecule has 0 fully saturated rings. The molecule has 66 valence electrons. The summed E-state index contributed by atoms with van der Waals surface area (Å²) in [6.45, 7) is 0. The summed E-state index contributed by atoms with van der Waals surface area (Å²) in [7, 11) is 0. The first-order valence-corrected chi connectivity index (χ1v) is 4.77. The van der Waals surface area contributed by atoms with Gasteiger partial charge in [-0.25, -0.2) is 5.10 Å². The molecule has 1 aromatic carbocycles. The van der Waals surface area contributed by atoms with Crippen molar-refractivity contribution >= 4 is 27.5 Å². The molecule has 0 aliphatic rings. The SMILES string of the molecule is Clc1nc(-c2ccccc2Br)n[nH]1. The first-order valence-electron chi connectivity index (χ1n) is 3.60. The van der Waals surface area contributed by atoms with Gasteiger partial charge in [0.2, 0.25) is 5.28 Å². The fourth-order valence-corrected chi connectivity index (χ4v) is 1.59. The van der Waals surface area contributed by atoms with E-state index < -0.39 is 0 Å². The summed E-state index contributed by atoms with van der Waals surface area (Å²) in [5.41, 5.74) is 0.922. The molecule has 13 heavy (non-hydrogen) atoms. The molecule has 0 saturated carbocycles. The number of benzene rings is 1. The third-order valence-electron chi connectivity index (χ3n) is 1.57. The number of hydrogen-bond acceptors (Lipinski definition) is 2. The third kappa shape index (κ3) is 1.73. The minimum atomic E-state index is 0.297. The second kappa shape index (κ2) is 3.47. The quantitative estimate of drug-likeness (QED) is 0.854. The van der Waals surface area contributed by atoms with Crippen molar-refractivity contribution in [3.05, 3.63) is 34.0 Å². The number of hydrogen-bond donors (Lipinski definition) is 1. The standard InChI is InChI=1S/C8H5BrClN3/c9-6-4-2-1-3-5(6)7-11-8(10)13-12-7/h1-4H,(H,11,12,13). The van der Waals surface area contributed by atoms with Crippen LogP contribution in [0.2, 0.25) is 5.28 Å². The highest BCUT2D eigenvalue weighted by Crippen LogP contribution is 2.25. The van der Waals surface area contributed by atoms with E-state index in [0.717, 1.165) is 10.0 Å². The van der Waals surface area contributed by atoms with Crippen molar-refractivity contribution in [3.8, 4) is 11.4 Å². The van der Waals surface area contributed by atoms with Crippen molar-refractivity contribution < 1.29 is 0 Å². The molecule has 0 aliphatic heterocycles. The Kier molecular flexibility index (Phi) is 2.33. The summed E-state index contributed by atoms with van der Waals surface area (Å²) in [6.07, 6.45) is 0. The zero-order valence-corrected chi connectivity index (χ0v) is 8.80. The van der Waals surface area contributed by atoms with Gasteiger partial charge < -0.3 is 0 Å². The Bertz CT molecular complexity index is 427. The van der Waals surface area contributed by atoms with Gasteiger partial charge in [-0.2, -0.15) is 10.1 Å². The lowest BCUT2D eigenvalue weighted by molar-refractivity contribution is 1.09. The Morgan fingerprint density at radius 2 is 2.08 bits per heavy atom. The minimum absolute atomic E-state index is 0.297. The van der Waals surface area contributed by atoms with E-state index in [4.69, 9.17) is 11.6 Å². The Balaban J connectivity index is 2.52. The van der Waals surface area contributed by atoms with Crippen LogP contribution in [-0.2, 0) is 0 Å². The zero-order valence-electron chi connectivity index (χ0n) is 6.46. The molecule has 1 heterocycles. The molecule has 0 bridgehead atoms. The molecule has 0 atom stereocenters.